The fraction of sp³-hybridized carbons (Fsp3) is 0. The smallest absolute Gasteiger partial charge is 0.0540 e. The van der Waals surface area contributed by atoms with Crippen LogP contribution in [0.5, 0.6) is 0 Å². The summed E-state index contributed by atoms with van der Waals surface area (Å²) in [7, 11) is 0. The highest BCUT2D eigenvalue weighted by Gasteiger charge is 2.19. The minimum Gasteiger partial charge on any atom is -0.310 e. The lowest BCUT2D eigenvalue weighted by molar-refractivity contribution is 1.29. The van der Waals surface area contributed by atoms with Crippen molar-refractivity contribution >= 4 is 91.7 Å². The minimum absolute atomic E-state index is 1.11. The number of hydrogen-bond acceptors (Lipinski definition) is 2. The predicted molar refractivity (Wildman–Crippen MR) is 235 cm³/mol. The molecule has 0 aliphatic rings. The Bertz CT molecular complexity index is 3200. The third-order valence-electron chi connectivity index (χ3n) is 11.0. The molecule has 11 rings (SSSR count). The van der Waals surface area contributed by atoms with E-state index in [1.165, 1.54) is 85.5 Å². The van der Waals surface area contributed by atoms with Gasteiger partial charge in [0, 0.05) is 37.1 Å². The van der Waals surface area contributed by atoms with E-state index in [2.05, 4.69) is 205 Å². The summed E-state index contributed by atoms with van der Waals surface area (Å²) in [6.07, 6.45) is 0. The Morgan fingerprint density at radius 1 is 0.315 bits per heavy atom. The number of benzene rings is 10. The zero-order valence-corrected chi connectivity index (χ0v) is 30.2. The van der Waals surface area contributed by atoms with Gasteiger partial charge in [0.2, 0.25) is 0 Å². The summed E-state index contributed by atoms with van der Waals surface area (Å²) in [5, 5.41) is 12.8. The lowest BCUT2D eigenvalue weighted by atomic mass is 9.90. The zero-order valence-electron chi connectivity index (χ0n) is 29.4. The van der Waals surface area contributed by atoms with Crippen LogP contribution in [0, 0.1) is 0 Å². The molecule has 0 aliphatic heterocycles. The highest BCUT2D eigenvalue weighted by atomic mass is 32.1. The van der Waals surface area contributed by atoms with Crippen LogP contribution in [0.1, 0.15) is 0 Å². The highest BCUT2D eigenvalue weighted by Crippen LogP contribution is 2.45. The molecule has 0 fully saturated rings. The summed E-state index contributed by atoms with van der Waals surface area (Å²) in [4.78, 5) is 2.44. The van der Waals surface area contributed by atoms with Crippen LogP contribution in [0.15, 0.2) is 200 Å². The molecule has 0 amide bonds. The molecule has 0 saturated carbocycles. The van der Waals surface area contributed by atoms with Crippen LogP contribution in [0.3, 0.4) is 0 Å². The largest absolute Gasteiger partial charge is 0.310 e. The summed E-state index contributed by atoms with van der Waals surface area (Å²) in [6.45, 7) is 0. The number of thiophene rings is 1. The SMILES string of the molecule is c1ccc(-c2ccccc2N(c2ccc(-c3cc4ccccc4c4c3ccc3ccccc34)cc2)c2ccc3ccc4sc5ccccc5c4c3c2)cc1. The second-order valence-electron chi connectivity index (χ2n) is 14.1. The molecule has 1 nitrogen and oxygen atoms in total. The second-order valence-corrected chi connectivity index (χ2v) is 15.1. The molecule has 1 heterocycles. The van der Waals surface area contributed by atoms with Gasteiger partial charge in [-0.2, -0.15) is 0 Å². The van der Waals surface area contributed by atoms with Gasteiger partial charge in [0.05, 0.1) is 5.69 Å². The van der Waals surface area contributed by atoms with Gasteiger partial charge in [0.1, 0.15) is 0 Å². The van der Waals surface area contributed by atoms with Gasteiger partial charge in [0.15, 0.2) is 0 Å². The van der Waals surface area contributed by atoms with Crippen molar-refractivity contribution in [2.45, 2.75) is 0 Å². The molecule has 0 saturated heterocycles. The van der Waals surface area contributed by atoms with Gasteiger partial charge in [-0.15, -0.1) is 11.3 Å². The van der Waals surface area contributed by atoms with E-state index in [1.807, 2.05) is 11.3 Å². The molecule has 0 N–H and O–H groups in total. The third kappa shape index (κ3) is 4.92. The molecule has 0 aliphatic carbocycles. The van der Waals surface area contributed by atoms with Crippen molar-refractivity contribution in [2.75, 3.05) is 4.90 Å². The second kappa shape index (κ2) is 12.4. The lowest BCUT2D eigenvalue weighted by Crippen LogP contribution is -2.11. The number of fused-ring (bicyclic) bond motifs is 10. The van der Waals surface area contributed by atoms with Gasteiger partial charge in [-0.1, -0.05) is 152 Å². The topological polar surface area (TPSA) is 3.24 Å². The molecule has 0 bridgehead atoms. The molecule has 1 aromatic heterocycles. The first-order valence-corrected chi connectivity index (χ1v) is 19.3. The van der Waals surface area contributed by atoms with E-state index in [1.54, 1.807) is 0 Å². The molecule has 0 spiro atoms. The van der Waals surface area contributed by atoms with Gasteiger partial charge >= 0.3 is 0 Å². The number of hydrogen-bond donors (Lipinski definition) is 0. The van der Waals surface area contributed by atoms with Crippen LogP contribution in [0.4, 0.5) is 17.1 Å². The Morgan fingerprint density at radius 3 is 1.78 bits per heavy atom. The summed E-state index contributed by atoms with van der Waals surface area (Å²) in [5.74, 6) is 0. The first-order chi connectivity index (χ1) is 26.8. The summed E-state index contributed by atoms with van der Waals surface area (Å²) in [5.41, 5.74) is 8.20. The maximum Gasteiger partial charge on any atom is 0.0540 e. The van der Waals surface area contributed by atoms with Crippen molar-refractivity contribution < 1.29 is 0 Å². The molecule has 54 heavy (non-hydrogen) atoms. The van der Waals surface area contributed by atoms with Crippen molar-refractivity contribution in [3.8, 4) is 22.3 Å². The maximum absolute atomic E-state index is 2.44. The fourth-order valence-electron chi connectivity index (χ4n) is 8.53. The number of nitrogens with zero attached hydrogens (tertiary/aromatic N) is 1. The van der Waals surface area contributed by atoms with E-state index in [0.717, 1.165) is 17.1 Å². The monoisotopic (exact) mass is 703 g/mol. The Morgan fingerprint density at radius 2 is 0.926 bits per heavy atom. The third-order valence-corrected chi connectivity index (χ3v) is 12.2. The van der Waals surface area contributed by atoms with E-state index < -0.39 is 0 Å². The Labute approximate surface area is 317 Å². The summed E-state index contributed by atoms with van der Waals surface area (Å²) in [6, 6.07) is 73.5. The Kier molecular flexibility index (Phi) is 7.11. The molecule has 0 atom stereocenters. The van der Waals surface area contributed by atoms with Crippen LogP contribution >= 0.6 is 11.3 Å². The van der Waals surface area contributed by atoms with E-state index in [9.17, 15) is 0 Å². The fourth-order valence-corrected chi connectivity index (χ4v) is 9.65. The first kappa shape index (κ1) is 30.8. The number of anilines is 3. The maximum atomic E-state index is 2.44. The average Bonchev–Trinajstić information content (AvgIpc) is 3.63. The summed E-state index contributed by atoms with van der Waals surface area (Å²) >= 11 is 1.87. The molecule has 2 heteroatoms. The van der Waals surface area contributed by atoms with Crippen molar-refractivity contribution in [3.63, 3.8) is 0 Å². The molecule has 0 unspecified atom stereocenters. The number of para-hydroxylation sites is 1. The van der Waals surface area contributed by atoms with Crippen LogP contribution in [0.25, 0.3) is 85.5 Å². The standard InChI is InChI=1S/C52H33NS/c1-2-12-34(13-3-1)41-16-8-10-20-48(41)53(40-29-24-37-26-31-50-52(47(37)33-40)45-19-9-11-21-49(45)54-50)39-27-22-36(23-28-39)46-32-38-15-5-7-18-43(38)51-42-17-6-4-14-35(42)25-30-44(46)51/h1-33H. The van der Waals surface area contributed by atoms with Crippen LogP contribution < -0.4 is 4.90 Å². The quantitative estimate of drug-likeness (QED) is 0.161. The van der Waals surface area contributed by atoms with Gasteiger partial charge in [-0.25, -0.2) is 0 Å². The van der Waals surface area contributed by atoms with E-state index >= 15 is 0 Å². The van der Waals surface area contributed by atoms with Crippen LogP contribution in [0.2, 0.25) is 0 Å². The zero-order chi connectivity index (χ0) is 35.6. The van der Waals surface area contributed by atoms with Crippen LogP contribution in [-0.4, -0.2) is 0 Å². The van der Waals surface area contributed by atoms with E-state index in [0.29, 0.717) is 0 Å². The van der Waals surface area contributed by atoms with Gasteiger partial charge in [-0.05, 0) is 108 Å². The lowest BCUT2D eigenvalue weighted by Gasteiger charge is -2.28. The molecule has 252 valence electrons. The van der Waals surface area contributed by atoms with Gasteiger partial charge < -0.3 is 4.90 Å². The van der Waals surface area contributed by atoms with Crippen molar-refractivity contribution in [1.29, 1.82) is 0 Å². The Hall–Kier alpha value is -6.74. The number of rotatable bonds is 5. The van der Waals surface area contributed by atoms with Gasteiger partial charge in [-0.3, -0.25) is 0 Å². The van der Waals surface area contributed by atoms with Gasteiger partial charge in [0.25, 0.3) is 0 Å². The van der Waals surface area contributed by atoms with Crippen molar-refractivity contribution in [3.05, 3.63) is 200 Å². The predicted octanol–water partition coefficient (Wildman–Crippen LogP) is 15.5. The van der Waals surface area contributed by atoms with Crippen LogP contribution in [-0.2, 0) is 0 Å². The minimum atomic E-state index is 1.11. The molecule has 10 aromatic carbocycles. The van der Waals surface area contributed by atoms with Crippen molar-refractivity contribution in [1.82, 2.24) is 0 Å². The molecule has 0 radical (unpaired) electrons. The summed E-state index contributed by atoms with van der Waals surface area (Å²) < 4.78 is 2.64. The normalized spacial score (nSPS) is 11.7. The van der Waals surface area contributed by atoms with E-state index in [4.69, 9.17) is 0 Å². The first-order valence-electron chi connectivity index (χ1n) is 18.5. The van der Waals surface area contributed by atoms with Crippen molar-refractivity contribution in [2.24, 2.45) is 0 Å². The molecular formula is C52H33NS. The highest BCUT2D eigenvalue weighted by molar-refractivity contribution is 7.26. The molecular weight excluding hydrogens is 671 g/mol. The van der Waals surface area contributed by atoms with E-state index in [-0.39, 0.29) is 0 Å². The average molecular weight is 704 g/mol. The molecule has 11 aromatic rings. The Balaban J connectivity index is 1.13.